The summed E-state index contributed by atoms with van der Waals surface area (Å²) in [4.78, 5) is 24.7. The minimum Gasteiger partial charge on any atom is -0.468 e. The number of carbonyl (C=O) groups excluding carboxylic acids is 2. The van der Waals surface area contributed by atoms with Crippen LogP contribution in [0.2, 0.25) is 0 Å². The Morgan fingerprint density at radius 1 is 1.63 bits per heavy atom. The molecule has 104 valence electrons. The average Bonchev–Trinajstić information content (AvgIpc) is 3.03. The van der Waals surface area contributed by atoms with Crippen LogP contribution in [0.5, 0.6) is 0 Å². The first-order valence-electron chi connectivity index (χ1n) is 6.16. The van der Waals surface area contributed by atoms with E-state index >= 15 is 0 Å². The van der Waals surface area contributed by atoms with Crippen molar-refractivity contribution in [3.8, 4) is 0 Å². The lowest BCUT2D eigenvalue weighted by Crippen LogP contribution is -2.41. The first-order valence-corrected chi connectivity index (χ1v) is 6.16. The molecule has 1 fully saturated rings. The van der Waals surface area contributed by atoms with Crippen LogP contribution < -0.4 is 5.32 Å². The van der Waals surface area contributed by atoms with E-state index in [1.165, 1.54) is 7.11 Å². The van der Waals surface area contributed by atoms with Crippen LogP contribution in [-0.4, -0.2) is 42.3 Å². The lowest BCUT2D eigenvalue weighted by molar-refractivity contribution is -0.139. The predicted octanol–water partition coefficient (Wildman–Crippen LogP) is 1.00. The molecule has 1 N–H and O–H groups in total. The number of ether oxygens (including phenoxy) is 1. The van der Waals surface area contributed by atoms with Crippen LogP contribution in [0.4, 0.5) is 4.79 Å². The fourth-order valence-corrected chi connectivity index (χ4v) is 2.18. The van der Waals surface area contributed by atoms with Gasteiger partial charge in [0.25, 0.3) is 0 Å². The van der Waals surface area contributed by atoms with Crippen LogP contribution in [0.15, 0.2) is 10.6 Å². The minimum absolute atomic E-state index is 0.0879. The molecule has 1 saturated heterocycles. The van der Waals surface area contributed by atoms with Gasteiger partial charge in [-0.25, -0.2) is 4.79 Å². The van der Waals surface area contributed by atoms with E-state index in [1.807, 2.05) is 13.0 Å². The molecule has 2 amide bonds. The summed E-state index contributed by atoms with van der Waals surface area (Å²) in [5.74, 6) is 0.248. The molecule has 0 unspecified atom stereocenters. The van der Waals surface area contributed by atoms with Gasteiger partial charge in [-0.1, -0.05) is 5.16 Å². The maximum absolute atomic E-state index is 12.0. The van der Waals surface area contributed by atoms with Gasteiger partial charge >= 0.3 is 12.0 Å². The Balaban J connectivity index is 1.98. The molecule has 0 spiro atoms. The number of carbonyl (C=O) groups is 2. The number of aromatic nitrogens is 1. The molecular weight excluding hydrogens is 250 g/mol. The summed E-state index contributed by atoms with van der Waals surface area (Å²) in [7, 11) is 1.28. The second-order valence-corrected chi connectivity index (χ2v) is 4.45. The number of rotatable bonds is 3. The van der Waals surface area contributed by atoms with Gasteiger partial charge in [-0.2, -0.15) is 0 Å². The third-order valence-electron chi connectivity index (χ3n) is 3.11. The van der Waals surface area contributed by atoms with Crippen molar-refractivity contribution in [1.29, 1.82) is 0 Å². The number of urea groups is 1. The van der Waals surface area contributed by atoms with E-state index in [0.717, 1.165) is 24.3 Å². The van der Waals surface area contributed by atoms with E-state index in [9.17, 15) is 9.59 Å². The molecule has 2 rings (SSSR count). The second-order valence-electron chi connectivity index (χ2n) is 4.45. The molecule has 0 aliphatic carbocycles. The number of nitrogens with one attached hydrogen (secondary N) is 1. The third kappa shape index (κ3) is 3.04. The SMILES string of the molecule is COC(=O)CNC(=O)N1CCC[C@@H]1c1cc(C)on1. The Morgan fingerprint density at radius 2 is 2.42 bits per heavy atom. The van der Waals surface area contributed by atoms with Crippen molar-refractivity contribution >= 4 is 12.0 Å². The summed E-state index contributed by atoms with van der Waals surface area (Å²) in [6, 6.07) is 1.46. The van der Waals surface area contributed by atoms with E-state index in [2.05, 4.69) is 15.2 Å². The lowest BCUT2D eigenvalue weighted by atomic mass is 10.1. The van der Waals surface area contributed by atoms with E-state index < -0.39 is 5.97 Å². The monoisotopic (exact) mass is 267 g/mol. The molecule has 7 heteroatoms. The van der Waals surface area contributed by atoms with Crippen LogP contribution in [-0.2, 0) is 9.53 Å². The highest BCUT2D eigenvalue weighted by Crippen LogP contribution is 2.31. The van der Waals surface area contributed by atoms with Crippen molar-refractivity contribution < 1.29 is 18.8 Å². The summed E-state index contributed by atoms with van der Waals surface area (Å²) in [6.45, 7) is 2.33. The number of hydrogen-bond donors (Lipinski definition) is 1. The second kappa shape index (κ2) is 5.73. The zero-order valence-corrected chi connectivity index (χ0v) is 11.0. The predicted molar refractivity (Wildman–Crippen MR) is 65.3 cm³/mol. The Kier molecular flexibility index (Phi) is 4.03. The third-order valence-corrected chi connectivity index (χ3v) is 3.11. The Labute approximate surface area is 110 Å². The van der Waals surface area contributed by atoms with Crippen molar-refractivity contribution in [1.82, 2.24) is 15.4 Å². The topological polar surface area (TPSA) is 84.7 Å². The number of esters is 1. The number of methoxy groups -OCH3 is 1. The van der Waals surface area contributed by atoms with Gasteiger partial charge in [-0.15, -0.1) is 0 Å². The number of aryl methyl sites for hydroxylation is 1. The van der Waals surface area contributed by atoms with Crippen LogP contribution in [0.3, 0.4) is 0 Å². The van der Waals surface area contributed by atoms with Gasteiger partial charge in [0, 0.05) is 12.6 Å². The van der Waals surface area contributed by atoms with Crippen LogP contribution in [0.25, 0.3) is 0 Å². The highest BCUT2D eigenvalue weighted by Gasteiger charge is 2.32. The van der Waals surface area contributed by atoms with Gasteiger partial charge < -0.3 is 19.5 Å². The normalized spacial score (nSPS) is 18.4. The number of likely N-dealkylation sites (tertiary alicyclic amines) is 1. The lowest BCUT2D eigenvalue weighted by Gasteiger charge is -2.22. The van der Waals surface area contributed by atoms with Crippen molar-refractivity contribution in [2.45, 2.75) is 25.8 Å². The molecule has 1 atom stereocenters. The van der Waals surface area contributed by atoms with Crippen molar-refractivity contribution in [3.05, 3.63) is 17.5 Å². The zero-order chi connectivity index (χ0) is 13.8. The van der Waals surface area contributed by atoms with Gasteiger partial charge in [-0.3, -0.25) is 4.79 Å². The largest absolute Gasteiger partial charge is 0.468 e. The Hall–Kier alpha value is -2.05. The highest BCUT2D eigenvalue weighted by molar-refractivity contribution is 5.81. The Morgan fingerprint density at radius 3 is 3.05 bits per heavy atom. The molecule has 0 saturated carbocycles. The zero-order valence-electron chi connectivity index (χ0n) is 11.0. The van der Waals surface area contributed by atoms with E-state index in [0.29, 0.717) is 6.54 Å². The summed E-state index contributed by atoms with van der Waals surface area (Å²) < 4.78 is 9.52. The molecule has 0 radical (unpaired) electrons. The summed E-state index contributed by atoms with van der Waals surface area (Å²) >= 11 is 0. The number of amides is 2. The molecule has 7 nitrogen and oxygen atoms in total. The van der Waals surface area contributed by atoms with Gasteiger partial charge in [0.2, 0.25) is 0 Å². The van der Waals surface area contributed by atoms with E-state index in [1.54, 1.807) is 4.90 Å². The van der Waals surface area contributed by atoms with Gasteiger partial charge in [-0.05, 0) is 19.8 Å². The molecule has 0 aromatic carbocycles. The molecule has 1 aliphatic heterocycles. The molecule has 1 aromatic heterocycles. The van der Waals surface area contributed by atoms with Gasteiger partial charge in [0.1, 0.15) is 18.0 Å². The van der Waals surface area contributed by atoms with E-state index in [-0.39, 0.29) is 18.6 Å². The maximum atomic E-state index is 12.0. The maximum Gasteiger partial charge on any atom is 0.325 e. The van der Waals surface area contributed by atoms with Crippen LogP contribution in [0.1, 0.15) is 30.3 Å². The molecule has 1 aromatic rings. The smallest absolute Gasteiger partial charge is 0.325 e. The quantitative estimate of drug-likeness (QED) is 0.826. The summed E-state index contributed by atoms with van der Waals surface area (Å²) in [6.07, 6.45) is 1.75. The fourth-order valence-electron chi connectivity index (χ4n) is 2.18. The number of nitrogens with zero attached hydrogens (tertiary/aromatic N) is 2. The average molecular weight is 267 g/mol. The minimum atomic E-state index is -0.471. The molecule has 1 aliphatic rings. The molecule has 2 heterocycles. The molecular formula is C12H17N3O4. The summed E-state index contributed by atoms with van der Waals surface area (Å²) in [5.41, 5.74) is 0.753. The first kappa shape index (κ1) is 13.4. The van der Waals surface area contributed by atoms with Crippen molar-refractivity contribution in [2.75, 3.05) is 20.2 Å². The summed E-state index contributed by atoms with van der Waals surface area (Å²) in [5, 5.41) is 6.49. The van der Waals surface area contributed by atoms with Crippen molar-refractivity contribution in [3.63, 3.8) is 0 Å². The van der Waals surface area contributed by atoms with Gasteiger partial charge in [0.05, 0.1) is 13.2 Å². The highest BCUT2D eigenvalue weighted by atomic mass is 16.5. The Bertz CT molecular complexity index is 471. The molecule has 0 bridgehead atoms. The van der Waals surface area contributed by atoms with Crippen molar-refractivity contribution in [2.24, 2.45) is 0 Å². The van der Waals surface area contributed by atoms with Crippen LogP contribution >= 0.6 is 0 Å². The first-order chi connectivity index (χ1) is 9.11. The van der Waals surface area contributed by atoms with E-state index in [4.69, 9.17) is 4.52 Å². The number of hydrogen-bond acceptors (Lipinski definition) is 5. The fraction of sp³-hybridized carbons (Fsp3) is 0.583. The standard InChI is InChI=1S/C12H17N3O4/c1-8-6-9(14-19-8)10-4-3-5-15(10)12(17)13-7-11(16)18-2/h6,10H,3-5,7H2,1-2H3,(H,13,17)/t10-/m1/s1. The van der Waals surface area contributed by atoms with Gasteiger partial charge in [0.15, 0.2) is 0 Å². The van der Waals surface area contributed by atoms with Crippen LogP contribution in [0, 0.1) is 6.92 Å². The molecule has 19 heavy (non-hydrogen) atoms.